The minimum Gasteiger partial charge on any atom is -0.298 e. The molecule has 0 aliphatic rings. The van der Waals surface area contributed by atoms with Gasteiger partial charge in [-0.1, -0.05) is 6.07 Å². The van der Waals surface area contributed by atoms with E-state index in [9.17, 15) is 22.8 Å². The van der Waals surface area contributed by atoms with E-state index in [1.54, 1.807) is 0 Å². The molecule has 1 aromatic rings. The van der Waals surface area contributed by atoms with E-state index in [1.165, 1.54) is 29.5 Å². The number of benzene rings is 1. The Hall–Kier alpha value is -0.920. The molecule has 0 N–H and O–H groups in total. The average Bonchev–Trinajstić information content (AvgIpc) is 2.14. The standard InChI is InChI=1S/C10H6F3IO2/c1-5(16)6-2-3-8(10(11,12)13)9(14)7(6)4-15/h2-4H,1H3. The van der Waals surface area contributed by atoms with Crippen molar-refractivity contribution in [2.24, 2.45) is 0 Å². The number of Topliss-reactive ketones (excluding diaryl/α,β-unsaturated/α-hetero) is 1. The van der Waals surface area contributed by atoms with E-state index in [0.29, 0.717) is 0 Å². The van der Waals surface area contributed by atoms with Crippen molar-refractivity contribution >= 4 is 34.7 Å². The normalized spacial score (nSPS) is 11.3. The highest BCUT2D eigenvalue weighted by Crippen LogP contribution is 2.34. The molecule has 0 aliphatic heterocycles. The van der Waals surface area contributed by atoms with Crippen LogP contribution >= 0.6 is 22.6 Å². The van der Waals surface area contributed by atoms with Crippen molar-refractivity contribution in [1.29, 1.82) is 0 Å². The van der Waals surface area contributed by atoms with Crippen molar-refractivity contribution in [3.05, 3.63) is 32.4 Å². The minimum atomic E-state index is -4.52. The SMILES string of the molecule is CC(=O)c1ccc(C(F)(F)F)c(I)c1C=O. The van der Waals surface area contributed by atoms with Gasteiger partial charge < -0.3 is 0 Å². The first-order valence-electron chi connectivity index (χ1n) is 4.15. The summed E-state index contributed by atoms with van der Waals surface area (Å²) < 4.78 is 37.2. The van der Waals surface area contributed by atoms with Gasteiger partial charge in [0.05, 0.1) is 5.56 Å². The van der Waals surface area contributed by atoms with Crippen LogP contribution in [0.25, 0.3) is 0 Å². The first kappa shape index (κ1) is 13.1. The van der Waals surface area contributed by atoms with Crippen molar-refractivity contribution in [3.8, 4) is 0 Å². The Balaban J connectivity index is 3.53. The smallest absolute Gasteiger partial charge is 0.298 e. The Morgan fingerprint density at radius 2 is 1.94 bits per heavy atom. The van der Waals surface area contributed by atoms with Crippen LogP contribution in [0.2, 0.25) is 0 Å². The molecule has 0 unspecified atom stereocenters. The molecule has 0 bridgehead atoms. The summed E-state index contributed by atoms with van der Waals surface area (Å²) in [5.41, 5.74) is -1.10. The number of halogens is 4. The maximum absolute atomic E-state index is 12.5. The number of aldehydes is 1. The van der Waals surface area contributed by atoms with Crippen LogP contribution in [-0.2, 0) is 6.18 Å². The third-order valence-electron chi connectivity index (χ3n) is 1.98. The molecule has 1 aromatic carbocycles. The zero-order valence-corrected chi connectivity index (χ0v) is 10.2. The zero-order valence-electron chi connectivity index (χ0n) is 8.06. The number of carbonyl (C=O) groups is 2. The van der Waals surface area contributed by atoms with Crippen LogP contribution < -0.4 is 0 Å². The molecule has 0 saturated carbocycles. The van der Waals surface area contributed by atoms with Gasteiger partial charge in [-0.05, 0) is 35.6 Å². The highest BCUT2D eigenvalue weighted by Gasteiger charge is 2.34. The number of ketones is 1. The van der Waals surface area contributed by atoms with Crippen LogP contribution in [0.3, 0.4) is 0 Å². The lowest BCUT2D eigenvalue weighted by Crippen LogP contribution is -2.12. The van der Waals surface area contributed by atoms with Crippen molar-refractivity contribution in [2.45, 2.75) is 13.1 Å². The summed E-state index contributed by atoms with van der Waals surface area (Å²) >= 11 is 1.42. The molecule has 0 fully saturated rings. The number of hydrogen-bond donors (Lipinski definition) is 0. The van der Waals surface area contributed by atoms with E-state index in [1.807, 2.05) is 0 Å². The van der Waals surface area contributed by atoms with Crippen molar-refractivity contribution in [1.82, 2.24) is 0 Å². The van der Waals surface area contributed by atoms with Crippen LogP contribution in [0.1, 0.15) is 33.2 Å². The Bertz CT molecular complexity index is 452. The van der Waals surface area contributed by atoms with Crippen LogP contribution in [0.5, 0.6) is 0 Å². The second-order valence-corrected chi connectivity index (χ2v) is 4.14. The first-order valence-corrected chi connectivity index (χ1v) is 5.22. The van der Waals surface area contributed by atoms with Crippen LogP contribution in [-0.4, -0.2) is 12.1 Å². The molecule has 2 nitrogen and oxygen atoms in total. The van der Waals surface area contributed by atoms with Crippen LogP contribution in [0.15, 0.2) is 12.1 Å². The Kier molecular flexibility index (Phi) is 3.72. The topological polar surface area (TPSA) is 34.1 Å². The lowest BCUT2D eigenvalue weighted by atomic mass is 10.0. The molecule has 16 heavy (non-hydrogen) atoms. The highest BCUT2D eigenvalue weighted by molar-refractivity contribution is 14.1. The fourth-order valence-electron chi connectivity index (χ4n) is 1.23. The molecule has 0 heterocycles. The third-order valence-corrected chi connectivity index (χ3v) is 3.14. The van der Waals surface area contributed by atoms with Crippen LogP contribution in [0.4, 0.5) is 13.2 Å². The first-order chi connectivity index (χ1) is 7.29. The highest BCUT2D eigenvalue weighted by atomic mass is 127. The molecule has 0 aromatic heterocycles. The summed E-state index contributed by atoms with van der Waals surface area (Å²) in [7, 11) is 0. The minimum absolute atomic E-state index is 0.00685. The fourth-order valence-corrected chi connectivity index (χ4v) is 2.14. The molecular formula is C10H6F3IO2. The Labute approximate surface area is 103 Å². The summed E-state index contributed by atoms with van der Waals surface area (Å²) in [6.45, 7) is 1.20. The van der Waals surface area contributed by atoms with Gasteiger partial charge in [-0.2, -0.15) is 13.2 Å². The predicted molar refractivity (Wildman–Crippen MR) is 59.6 cm³/mol. The summed E-state index contributed by atoms with van der Waals surface area (Å²) in [6, 6.07) is 1.84. The van der Waals surface area contributed by atoms with E-state index >= 15 is 0 Å². The van der Waals surface area contributed by atoms with E-state index < -0.39 is 17.5 Å². The number of rotatable bonds is 2. The van der Waals surface area contributed by atoms with Crippen molar-refractivity contribution in [2.75, 3.05) is 0 Å². The Morgan fingerprint density at radius 3 is 2.31 bits per heavy atom. The zero-order chi connectivity index (χ0) is 12.5. The van der Waals surface area contributed by atoms with Crippen LogP contribution in [0, 0.1) is 3.57 Å². The van der Waals surface area contributed by atoms with Gasteiger partial charge in [-0.3, -0.25) is 9.59 Å². The third kappa shape index (κ3) is 2.42. The molecular weight excluding hydrogens is 336 g/mol. The van der Waals surface area contributed by atoms with Crippen molar-refractivity contribution in [3.63, 3.8) is 0 Å². The number of hydrogen-bond acceptors (Lipinski definition) is 2. The molecule has 0 atom stereocenters. The van der Waals surface area contributed by atoms with Gasteiger partial charge in [0.2, 0.25) is 0 Å². The van der Waals surface area contributed by atoms with E-state index in [4.69, 9.17) is 0 Å². The maximum atomic E-state index is 12.5. The molecule has 0 amide bonds. The molecule has 86 valence electrons. The van der Waals surface area contributed by atoms with Gasteiger partial charge in [-0.25, -0.2) is 0 Å². The monoisotopic (exact) mass is 342 g/mol. The second kappa shape index (κ2) is 4.52. The fraction of sp³-hybridized carbons (Fsp3) is 0.200. The molecule has 6 heteroatoms. The second-order valence-electron chi connectivity index (χ2n) is 3.06. The molecule has 1 rings (SSSR count). The summed E-state index contributed by atoms with van der Waals surface area (Å²) in [6.07, 6.45) is -4.25. The summed E-state index contributed by atoms with van der Waals surface area (Å²) in [5.74, 6) is -0.436. The van der Waals surface area contributed by atoms with Gasteiger partial charge in [0, 0.05) is 14.7 Å². The molecule has 0 spiro atoms. The average molecular weight is 342 g/mol. The van der Waals surface area contributed by atoms with Gasteiger partial charge in [-0.15, -0.1) is 0 Å². The molecule has 0 saturated heterocycles. The Morgan fingerprint density at radius 1 is 1.38 bits per heavy atom. The van der Waals surface area contributed by atoms with Gasteiger partial charge in [0.25, 0.3) is 0 Å². The molecule has 0 radical (unpaired) electrons. The lowest BCUT2D eigenvalue weighted by Gasteiger charge is -2.12. The summed E-state index contributed by atoms with van der Waals surface area (Å²) in [5, 5.41) is 0. The van der Waals surface area contributed by atoms with E-state index in [0.717, 1.165) is 12.1 Å². The molecule has 0 aliphatic carbocycles. The van der Waals surface area contributed by atoms with Gasteiger partial charge >= 0.3 is 6.18 Å². The number of carbonyl (C=O) groups excluding carboxylic acids is 2. The largest absolute Gasteiger partial charge is 0.417 e. The van der Waals surface area contributed by atoms with Crippen molar-refractivity contribution < 1.29 is 22.8 Å². The quantitative estimate of drug-likeness (QED) is 0.469. The maximum Gasteiger partial charge on any atom is 0.417 e. The number of alkyl halides is 3. The van der Waals surface area contributed by atoms with E-state index in [2.05, 4.69) is 0 Å². The predicted octanol–water partition coefficient (Wildman–Crippen LogP) is 3.33. The van der Waals surface area contributed by atoms with Gasteiger partial charge in [0.15, 0.2) is 12.1 Å². The summed E-state index contributed by atoms with van der Waals surface area (Å²) in [4.78, 5) is 21.8. The van der Waals surface area contributed by atoms with Gasteiger partial charge in [0.1, 0.15) is 0 Å². The van der Waals surface area contributed by atoms with E-state index in [-0.39, 0.29) is 21.0 Å². The lowest BCUT2D eigenvalue weighted by molar-refractivity contribution is -0.138.